The number of rotatable bonds is 2. The summed E-state index contributed by atoms with van der Waals surface area (Å²) in [7, 11) is 0. The van der Waals surface area contributed by atoms with Gasteiger partial charge in [0.2, 0.25) is 11.8 Å². The number of fused-ring (bicyclic) bond motifs is 2. The van der Waals surface area contributed by atoms with Crippen LogP contribution in [0.15, 0.2) is 60.7 Å². The van der Waals surface area contributed by atoms with Crippen molar-refractivity contribution in [3.63, 3.8) is 0 Å². The molecule has 0 aliphatic carbocycles. The van der Waals surface area contributed by atoms with Crippen LogP contribution in [0.1, 0.15) is 30.4 Å². The van der Waals surface area contributed by atoms with Crippen LogP contribution in [0.4, 0.5) is 5.69 Å². The van der Waals surface area contributed by atoms with Crippen LogP contribution in [-0.4, -0.2) is 22.3 Å². The monoisotopic (exact) mass is 400 g/mol. The third kappa shape index (κ3) is 2.51. The lowest BCUT2D eigenvalue weighted by atomic mass is 9.59. The highest BCUT2D eigenvalue weighted by atomic mass is 35.5. The van der Waals surface area contributed by atoms with E-state index in [0.717, 1.165) is 21.2 Å². The first-order valence-electron chi connectivity index (χ1n) is 8.67. The lowest BCUT2D eigenvalue weighted by Crippen LogP contribution is -2.61. The Morgan fingerprint density at radius 1 is 1.22 bits per heavy atom. The number of nitrogens with one attached hydrogen (secondary N) is 1. The first-order valence-corrected chi connectivity index (χ1v) is 9.38. The van der Waals surface area contributed by atoms with Crippen molar-refractivity contribution in [1.82, 2.24) is 4.42 Å². The summed E-state index contributed by atoms with van der Waals surface area (Å²) in [6.07, 6.45) is 0.107. The summed E-state index contributed by atoms with van der Waals surface area (Å²) in [6, 6.07) is 14.2. The molecule has 2 aromatic rings. The average Bonchev–Trinajstić information content (AvgIpc) is 2.91. The minimum atomic E-state index is -1.07. The lowest BCUT2D eigenvalue weighted by molar-refractivity contribution is -0.137. The fraction of sp³-hybridized carbons (Fsp3) is 0.238. The Morgan fingerprint density at radius 3 is 2.67 bits per heavy atom. The van der Waals surface area contributed by atoms with E-state index >= 15 is 0 Å². The van der Waals surface area contributed by atoms with E-state index in [9.17, 15) is 9.59 Å². The highest BCUT2D eigenvalue weighted by molar-refractivity contribution is 6.30. The molecule has 138 valence electrons. The number of anilines is 1. The highest BCUT2D eigenvalue weighted by Gasteiger charge is 2.63. The van der Waals surface area contributed by atoms with E-state index in [1.165, 1.54) is 0 Å². The van der Waals surface area contributed by atoms with Gasteiger partial charge in [0.15, 0.2) is 0 Å². The fourth-order valence-corrected chi connectivity index (χ4v) is 5.13. The van der Waals surface area contributed by atoms with Gasteiger partial charge in [-0.1, -0.05) is 54.1 Å². The Labute approximate surface area is 167 Å². The van der Waals surface area contributed by atoms with Gasteiger partial charge in [-0.25, -0.2) is 4.42 Å². The zero-order chi connectivity index (χ0) is 19.3. The van der Waals surface area contributed by atoms with Crippen molar-refractivity contribution in [3.8, 4) is 0 Å². The third-order valence-corrected chi connectivity index (χ3v) is 6.16. The number of carbonyl (C=O) groups excluding carboxylic acids is 2. The quantitative estimate of drug-likeness (QED) is 0.589. The van der Waals surface area contributed by atoms with Crippen molar-refractivity contribution in [1.29, 1.82) is 0 Å². The number of para-hydroxylation sites is 1. The summed E-state index contributed by atoms with van der Waals surface area (Å²) in [5.41, 5.74) is 1.98. The molecule has 27 heavy (non-hydrogen) atoms. The van der Waals surface area contributed by atoms with Gasteiger partial charge in [-0.2, -0.15) is 0 Å². The maximum atomic E-state index is 13.5. The van der Waals surface area contributed by atoms with Crippen molar-refractivity contribution in [3.05, 3.63) is 76.8 Å². The zero-order valence-electron chi connectivity index (χ0n) is 14.7. The number of hydrogen-bond acceptors (Lipinski definition) is 2. The molecular formula is C21H18Cl2N2O2. The minimum Gasteiger partial charge on any atom is -0.325 e. The summed E-state index contributed by atoms with van der Waals surface area (Å²) in [6.45, 7) is 5.85. The van der Waals surface area contributed by atoms with Crippen LogP contribution in [0.2, 0.25) is 5.02 Å². The molecule has 2 aliphatic heterocycles. The Kier molecular flexibility index (Phi) is 4.28. The predicted octanol–water partition coefficient (Wildman–Crippen LogP) is 4.64. The number of halogens is 2. The van der Waals surface area contributed by atoms with Gasteiger partial charge in [0.05, 0.1) is 6.04 Å². The van der Waals surface area contributed by atoms with Gasteiger partial charge in [-0.15, -0.1) is 0 Å². The Hall–Kier alpha value is -2.30. The number of nitrogens with zero attached hydrogens (tertiary/aromatic N) is 1. The van der Waals surface area contributed by atoms with Gasteiger partial charge in [-0.05, 0) is 36.2 Å². The average molecular weight is 401 g/mol. The van der Waals surface area contributed by atoms with E-state index in [1.807, 2.05) is 42.5 Å². The SMILES string of the molecule is C=C(C)C1N(Cl)C(=O)CC(c2cccc(Cl)c2)C12C(=O)Nc1ccccc12. The first-order chi connectivity index (χ1) is 12.9. The molecule has 4 rings (SSSR count). The summed E-state index contributed by atoms with van der Waals surface area (Å²) < 4.78 is 1.14. The maximum Gasteiger partial charge on any atom is 0.238 e. The molecule has 1 N–H and O–H groups in total. The highest BCUT2D eigenvalue weighted by Crippen LogP contribution is 2.56. The molecule has 3 atom stereocenters. The van der Waals surface area contributed by atoms with E-state index in [2.05, 4.69) is 11.9 Å². The van der Waals surface area contributed by atoms with Gasteiger partial charge in [0, 0.05) is 34.8 Å². The van der Waals surface area contributed by atoms with Crippen molar-refractivity contribution in [2.45, 2.75) is 30.7 Å². The van der Waals surface area contributed by atoms with E-state index in [-0.39, 0.29) is 18.2 Å². The molecule has 1 spiro atoms. The standard InChI is InChI=1S/C21H18Cl2N2O2/c1-12(2)19-21(15-8-3-4-9-17(15)24-20(21)27)16(11-18(26)25(19)23)13-6-5-7-14(22)10-13/h3-10,16,19H,1,11H2,2H3,(H,24,27). The predicted molar refractivity (Wildman–Crippen MR) is 107 cm³/mol. The molecule has 2 amide bonds. The topological polar surface area (TPSA) is 49.4 Å². The summed E-state index contributed by atoms with van der Waals surface area (Å²) in [5.74, 6) is -0.832. The molecule has 3 unspecified atom stereocenters. The van der Waals surface area contributed by atoms with Crippen molar-refractivity contribution < 1.29 is 9.59 Å². The van der Waals surface area contributed by atoms with Crippen LogP contribution in [0.5, 0.6) is 0 Å². The van der Waals surface area contributed by atoms with Crippen molar-refractivity contribution in [2.24, 2.45) is 0 Å². The molecular weight excluding hydrogens is 383 g/mol. The number of piperidine rings is 1. The smallest absolute Gasteiger partial charge is 0.238 e. The molecule has 0 saturated carbocycles. The van der Waals surface area contributed by atoms with Crippen molar-refractivity contribution >= 4 is 40.9 Å². The fourth-order valence-electron chi connectivity index (χ4n) is 4.54. The Morgan fingerprint density at radius 2 is 1.96 bits per heavy atom. The van der Waals surface area contributed by atoms with Crippen LogP contribution in [0.3, 0.4) is 0 Å². The number of carbonyl (C=O) groups is 2. The van der Waals surface area contributed by atoms with Crippen LogP contribution < -0.4 is 5.32 Å². The van der Waals surface area contributed by atoms with Crippen molar-refractivity contribution in [2.75, 3.05) is 5.32 Å². The van der Waals surface area contributed by atoms with E-state index < -0.39 is 17.4 Å². The second-order valence-corrected chi connectivity index (χ2v) is 7.93. The molecule has 0 bridgehead atoms. The lowest BCUT2D eigenvalue weighted by Gasteiger charge is -2.49. The Balaban J connectivity index is 2.04. The second kappa shape index (κ2) is 6.39. The third-order valence-electron chi connectivity index (χ3n) is 5.54. The molecule has 2 aromatic carbocycles. The summed E-state index contributed by atoms with van der Waals surface area (Å²) in [5, 5.41) is 3.54. The van der Waals surface area contributed by atoms with Crippen LogP contribution >= 0.6 is 23.4 Å². The van der Waals surface area contributed by atoms with Gasteiger partial charge in [-0.3, -0.25) is 9.59 Å². The summed E-state index contributed by atoms with van der Waals surface area (Å²) in [4.78, 5) is 26.2. The molecule has 6 heteroatoms. The van der Waals surface area contributed by atoms with E-state index in [1.54, 1.807) is 13.0 Å². The Bertz CT molecular complexity index is 974. The maximum absolute atomic E-state index is 13.5. The normalized spacial score (nSPS) is 26.9. The van der Waals surface area contributed by atoms with Gasteiger partial charge < -0.3 is 5.32 Å². The number of hydrogen-bond donors (Lipinski definition) is 1. The molecule has 0 aromatic heterocycles. The number of benzene rings is 2. The van der Waals surface area contributed by atoms with Crippen LogP contribution in [0, 0.1) is 0 Å². The molecule has 0 radical (unpaired) electrons. The molecule has 2 heterocycles. The first kappa shape index (κ1) is 18.1. The molecule has 1 saturated heterocycles. The van der Waals surface area contributed by atoms with E-state index in [4.69, 9.17) is 23.4 Å². The van der Waals surface area contributed by atoms with Crippen LogP contribution in [0.25, 0.3) is 0 Å². The van der Waals surface area contributed by atoms with Gasteiger partial charge >= 0.3 is 0 Å². The zero-order valence-corrected chi connectivity index (χ0v) is 16.2. The second-order valence-electron chi connectivity index (χ2n) is 7.13. The molecule has 2 aliphatic rings. The molecule has 4 nitrogen and oxygen atoms in total. The van der Waals surface area contributed by atoms with Gasteiger partial charge in [0.1, 0.15) is 5.41 Å². The number of amides is 2. The van der Waals surface area contributed by atoms with Crippen LogP contribution in [-0.2, 0) is 15.0 Å². The largest absolute Gasteiger partial charge is 0.325 e. The van der Waals surface area contributed by atoms with Gasteiger partial charge in [0.25, 0.3) is 0 Å². The molecule has 1 fully saturated rings. The minimum absolute atomic E-state index is 0.107. The summed E-state index contributed by atoms with van der Waals surface area (Å²) >= 11 is 12.7. The van der Waals surface area contributed by atoms with E-state index in [0.29, 0.717) is 10.6 Å².